The summed E-state index contributed by atoms with van der Waals surface area (Å²) < 4.78 is 0. The molecule has 1 amide bonds. The number of carbonyl (C=O) groups excluding carboxylic acids is 1. The maximum Gasteiger partial charge on any atom is 0.216 e. The summed E-state index contributed by atoms with van der Waals surface area (Å²) in [5.41, 5.74) is 1.37. The molecule has 0 aliphatic carbocycles. The average Bonchev–Trinajstić information content (AvgIpc) is 2.34. The van der Waals surface area contributed by atoms with Gasteiger partial charge in [0.15, 0.2) is 0 Å². The lowest BCUT2D eigenvalue weighted by Crippen LogP contribution is -2.33. The zero-order valence-electron chi connectivity index (χ0n) is 11.6. The maximum atomic E-state index is 10.7. The molecular weight excluding hydrogens is 224 g/mol. The van der Waals surface area contributed by atoms with Gasteiger partial charge in [0, 0.05) is 26.6 Å². The third-order valence-electron chi connectivity index (χ3n) is 3.07. The largest absolute Gasteiger partial charge is 0.355 e. The van der Waals surface area contributed by atoms with Crippen LogP contribution >= 0.6 is 0 Å². The smallest absolute Gasteiger partial charge is 0.216 e. The number of carbonyl (C=O) groups is 1. The molecule has 1 rings (SSSR count). The molecule has 0 bridgehead atoms. The number of hydrogen-bond acceptors (Lipinski definition) is 2. The van der Waals surface area contributed by atoms with E-state index in [4.69, 9.17) is 0 Å². The van der Waals surface area contributed by atoms with Gasteiger partial charge in [0.1, 0.15) is 0 Å². The first-order valence-corrected chi connectivity index (χ1v) is 6.61. The third-order valence-corrected chi connectivity index (χ3v) is 3.07. The highest BCUT2D eigenvalue weighted by molar-refractivity contribution is 5.72. The van der Waals surface area contributed by atoms with Crippen molar-refractivity contribution in [1.29, 1.82) is 0 Å². The van der Waals surface area contributed by atoms with Gasteiger partial charge in [-0.2, -0.15) is 0 Å². The summed E-state index contributed by atoms with van der Waals surface area (Å²) in [6, 6.07) is 10.6. The molecule has 3 heteroatoms. The number of amides is 1. The summed E-state index contributed by atoms with van der Waals surface area (Å²) in [6.07, 6.45) is 0. The number of nitrogens with one attached hydrogen (secondary N) is 2. The summed E-state index contributed by atoms with van der Waals surface area (Å²) in [7, 11) is 0. The van der Waals surface area contributed by atoms with Crippen LogP contribution in [0.25, 0.3) is 0 Å². The Kier molecular flexibility index (Phi) is 6.44. The summed E-state index contributed by atoms with van der Waals surface area (Å²) in [6.45, 7) is 8.48. The zero-order valence-corrected chi connectivity index (χ0v) is 11.6. The van der Waals surface area contributed by atoms with Gasteiger partial charge in [-0.25, -0.2) is 0 Å². The molecular formula is C15H24N2O. The molecule has 1 atom stereocenters. The lowest BCUT2D eigenvalue weighted by atomic mass is 9.88. The van der Waals surface area contributed by atoms with E-state index in [0.717, 1.165) is 13.1 Å². The van der Waals surface area contributed by atoms with Crippen LogP contribution in [0.2, 0.25) is 0 Å². The molecule has 100 valence electrons. The Morgan fingerprint density at radius 3 is 2.39 bits per heavy atom. The van der Waals surface area contributed by atoms with Crippen LogP contribution in [-0.4, -0.2) is 25.5 Å². The predicted octanol–water partition coefficient (Wildman–Crippen LogP) is 2.15. The first kappa shape index (κ1) is 14.7. The third kappa shape index (κ3) is 5.32. The van der Waals surface area contributed by atoms with Gasteiger partial charge in [0.25, 0.3) is 0 Å². The molecule has 1 aromatic rings. The molecule has 0 spiro atoms. The minimum absolute atomic E-state index is 0.0280. The maximum absolute atomic E-state index is 10.7. The molecule has 1 unspecified atom stereocenters. The quantitative estimate of drug-likeness (QED) is 0.726. The van der Waals surface area contributed by atoms with Gasteiger partial charge in [-0.1, -0.05) is 44.2 Å². The van der Waals surface area contributed by atoms with Crippen molar-refractivity contribution in [2.45, 2.75) is 26.7 Å². The molecule has 0 heterocycles. The molecule has 3 nitrogen and oxygen atoms in total. The first-order chi connectivity index (χ1) is 8.61. The van der Waals surface area contributed by atoms with E-state index in [1.165, 1.54) is 5.56 Å². The fourth-order valence-electron chi connectivity index (χ4n) is 2.02. The van der Waals surface area contributed by atoms with Crippen LogP contribution in [0.3, 0.4) is 0 Å². The van der Waals surface area contributed by atoms with Crippen molar-refractivity contribution in [2.75, 3.05) is 19.6 Å². The van der Waals surface area contributed by atoms with Crippen LogP contribution in [0.5, 0.6) is 0 Å². The average molecular weight is 248 g/mol. The Morgan fingerprint density at radius 1 is 1.17 bits per heavy atom. The predicted molar refractivity (Wildman–Crippen MR) is 75.6 cm³/mol. The molecule has 2 N–H and O–H groups in total. The number of hydrogen-bond donors (Lipinski definition) is 2. The summed E-state index contributed by atoms with van der Waals surface area (Å²) >= 11 is 0. The van der Waals surface area contributed by atoms with Crippen LogP contribution < -0.4 is 10.6 Å². The van der Waals surface area contributed by atoms with E-state index in [1.54, 1.807) is 6.92 Å². The van der Waals surface area contributed by atoms with Crippen molar-refractivity contribution in [2.24, 2.45) is 5.92 Å². The fourth-order valence-corrected chi connectivity index (χ4v) is 2.02. The second-order valence-corrected chi connectivity index (χ2v) is 4.95. The van der Waals surface area contributed by atoms with E-state index in [1.807, 2.05) is 6.07 Å². The lowest BCUT2D eigenvalue weighted by Gasteiger charge is -2.22. The standard InChI is InChI=1S/C15H24N2O/c1-12(2)15(14-7-5-4-6-8-14)11-16-9-10-17-13(3)18/h4-8,12,15-16H,9-11H2,1-3H3,(H,17,18). The molecule has 0 radical (unpaired) electrons. The van der Waals surface area contributed by atoms with Crippen molar-refractivity contribution in [1.82, 2.24) is 10.6 Å². The lowest BCUT2D eigenvalue weighted by molar-refractivity contribution is -0.118. The van der Waals surface area contributed by atoms with Crippen LogP contribution in [0.4, 0.5) is 0 Å². The van der Waals surface area contributed by atoms with Crippen molar-refractivity contribution in [3.05, 3.63) is 35.9 Å². The molecule has 0 aliphatic heterocycles. The van der Waals surface area contributed by atoms with Crippen molar-refractivity contribution < 1.29 is 4.79 Å². The van der Waals surface area contributed by atoms with E-state index in [9.17, 15) is 4.79 Å². The van der Waals surface area contributed by atoms with Gasteiger partial charge >= 0.3 is 0 Å². The molecule has 0 aliphatic rings. The minimum atomic E-state index is 0.0280. The molecule has 1 aromatic carbocycles. The Hall–Kier alpha value is -1.35. The Balaban J connectivity index is 2.38. The monoisotopic (exact) mass is 248 g/mol. The molecule has 0 fully saturated rings. The molecule has 18 heavy (non-hydrogen) atoms. The van der Waals surface area contributed by atoms with Gasteiger partial charge in [-0.05, 0) is 17.4 Å². The topological polar surface area (TPSA) is 41.1 Å². The first-order valence-electron chi connectivity index (χ1n) is 6.61. The molecule has 0 saturated carbocycles. The van der Waals surface area contributed by atoms with E-state index in [2.05, 4.69) is 48.7 Å². The highest BCUT2D eigenvalue weighted by Gasteiger charge is 2.14. The Bertz CT molecular complexity index is 349. The number of rotatable bonds is 7. The van der Waals surface area contributed by atoms with E-state index in [0.29, 0.717) is 18.4 Å². The van der Waals surface area contributed by atoms with E-state index < -0.39 is 0 Å². The zero-order chi connectivity index (χ0) is 13.4. The molecule has 0 saturated heterocycles. The van der Waals surface area contributed by atoms with E-state index >= 15 is 0 Å². The Morgan fingerprint density at radius 2 is 1.83 bits per heavy atom. The van der Waals surface area contributed by atoms with Gasteiger partial charge in [0.2, 0.25) is 5.91 Å². The SMILES string of the molecule is CC(=O)NCCNCC(c1ccccc1)C(C)C. The highest BCUT2D eigenvalue weighted by Crippen LogP contribution is 2.23. The minimum Gasteiger partial charge on any atom is -0.355 e. The highest BCUT2D eigenvalue weighted by atomic mass is 16.1. The van der Waals surface area contributed by atoms with Crippen molar-refractivity contribution in [3.63, 3.8) is 0 Å². The van der Waals surface area contributed by atoms with Crippen LogP contribution in [0, 0.1) is 5.92 Å². The Labute approximate surface area is 110 Å². The normalized spacial score (nSPS) is 12.4. The van der Waals surface area contributed by atoms with E-state index in [-0.39, 0.29) is 5.91 Å². The second kappa shape index (κ2) is 7.88. The summed E-state index contributed by atoms with van der Waals surface area (Å²) in [5.74, 6) is 1.14. The van der Waals surface area contributed by atoms with Crippen molar-refractivity contribution >= 4 is 5.91 Å². The van der Waals surface area contributed by atoms with Gasteiger partial charge in [0.05, 0.1) is 0 Å². The number of benzene rings is 1. The molecule has 0 aromatic heterocycles. The fraction of sp³-hybridized carbons (Fsp3) is 0.533. The van der Waals surface area contributed by atoms with Crippen LogP contribution in [-0.2, 0) is 4.79 Å². The second-order valence-electron chi connectivity index (χ2n) is 4.95. The van der Waals surface area contributed by atoms with Crippen LogP contribution in [0.1, 0.15) is 32.3 Å². The summed E-state index contributed by atoms with van der Waals surface area (Å²) in [4.78, 5) is 10.7. The van der Waals surface area contributed by atoms with Gasteiger partial charge in [-0.15, -0.1) is 0 Å². The van der Waals surface area contributed by atoms with Crippen molar-refractivity contribution in [3.8, 4) is 0 Å². The summed E-state index contributed by atoms with van der Waals surface area (Å²) in [5, 5.41) is 6.19. The van der Waals surface area contributed by atoms with Gasteiger partial charge < -0.3 is 10.6 Å². The van der Waals surface area contributed by atoms with Gasteiger partial charge in [-0.3, -0.25) is 4.79 Å². The van der Waals surface area contributed by atoms with Crippen LogP contribution in [0.15, 0.2) is 30.3 Å².